The van der Waals surface area contributed by atoms with Crippen LogP contribution in [-0.4, -0.2) is 44.8 Å². The molecule has 0 aromatic heterocycles. The highest BCUT2D eigenvalue weighted by molar-refractivity contribution is 7.89. The number of nitrogens with zero attached hydrogens (tertiary/aromatic N) is 2. The molecular weight excluding hydrogens is 410 g/mol. The first kappa shape index (κ1) is 21.8. The molecule has 4 rings (SSSR count). The Morgan fingerprint density at radius 2 is 1.55 bits per heavy atom. The van der Waals surface area contributed by atoms with E-state index in [1.165, 1.54) is 0 Å². The Morgan fingerprint density at radius 1 is 0.871 bits per heavy atom. The lowest BCUT2D eigenvalue weighted by molar-refractivity contribution is 0.102. The number of amides is 1. The van der Waals surface area contributed by atoms with Gasteiger partial charge in [0.1, 0.15) is 0 Å². The molecule has 0 unspecified atom stereocenters. The van der Waals surface area contributed by atoms with E-state index in [9.17, 15) is 13.2 Å². The predicted octanol–water partition coefficient (Wildman–Crippen LogP) is 4.33. The van der Waals surface area contributed by atoms with Crippen LogP contribution in [0.25, 0.3) is 0 Å². The largest absolute Gasteiger partial charge is 0.371 e. The van der Waals surface area contributed by atoms with E-state index in [2.05, 4.69) is 10.2 Å². The number of carbonyl (C=O) groups excluding carboxylic acids is 1. The van der Waals surface area contributed by atoms with E-state index in [0.29, 0.717) is 18.7 Å². The zero-order chi connectivity index (χ0) is 22.0. The number of sulfonamides is 1. The van der Waals surface area contributed by atoms with E-state index < -0.39 is 10.0 Å². The van der Waals surface area contributed by atoms with E-state index >= 15 is 0 Å². The molecule has 0 bridgehead atoms. The van der Waals surface area contributed by atoms with Gasteiger partial charge in [-0.15, -0.1) is 0 Å². The number of nitrogens with one attached hydrogen (secondary N) is 1. The van der Waals surface area contributed by atoms with Crippen molar-refractivity contribution in [2.75, 3.05) is 36.4 Å². The second kappa shape index (κ2) is 9.01. The lowest BCUT2D eigenvalue weighted by atomic mass is 10.1. The third-order valence-electron chi connectivity index (χ3n) is 6.25. The molecule has 2 saturated heterocycles. The minimum atomic E-state index is -3.61. The Bertz CT molecular complexity index is 1070. The molecule has 0 spiro atoms. The summed E-state index contributed by atoms with van der Waals surface area (Å²) in [5, 5.41) is 3.02. The Balaban J connectivity index is 1.71. The molecule has 0 atom stereocenters. The predicted molar refractivity (Wildman–Crippen MR) is 124 cm³/mol. The first-order valence-electron chi connectivity index (χ1n) is 11.1. The van der Waals surface area contributed by atoms with Crippen molar-refractivity contribution in [2.45, 2.75) is 50.8 Å². The Labute approximate surface area is 185 Å². The first-order valence-corrected chi connectivity index (χ1v) is 12.6. The van der Waals surface area contributed by atoms with Crippen LogP contribution in [0.1, 0.15) is 53.6 Å². The highest BCUT2D eigenvalue weighted by atomic mass is 32.2. The van der Waals surface area contributed by atoms with E-state index in [-0.39, 0.29) is 10.8 Å². The molecule has 2 aromatic carbocycles. The lowest BCUT2D eigenvalue weighted by Crippen LogP contribution is -2.35. The van der Waals surface area contributed by atoms with Crippen molar-refractivity contribution in [1.29, 1.82) is 0 Å². The number of aryl methyl sites for hydroxylation is 2. The number of rotatable bonds is 5. The maximum atomic E-state index is 13.4. The van der Waals surface area contributed by atoms with Gasteiger partial charge in [-0.25, -0.2) is 8.42 Å². The van der Waals surface area contributed by atoms with Crippen LogP contribution < -0.4 is 10.2 Å². The number of hydrogen-bond donors (Lipinski definition) is 1. The van der Waals surface area contributed by atoms with Gasteiger partial charge in [-0.1, -0.05) is 18.6 Å². The molecule has 2 aliphatic heterocycles. The van der Waals surface area contributed by atoms with Gasteiger partial charge in [0.05, 0.1) is 10.5 Å². The van der Waals surface area contributed by atoms with Crippen LogP contribution in [0.3, 0.4) is 0 Å². The van der Waals surface area contributed by atoms with Gasteiger partial charge in [-0.2, -0.15) is 4.31 Å². The highest BCUT2D eigenvalue weighted by Gasteiger charge is 2.29. The average Bonchev–Trinajstić information content (AvgIpc) is 3.31. The molecule has 1 amide bonds. The lowest BCUT2D eigenvalue weighted by Gasteiger charge is -2.27. The molecule has 31 heavy (non-hydrogen) atoms. The second-order valence-corrected chi connectivity index (χ2v) is 10.5. The summed E-state index contributed by atoms with van der Waals surface area (Å²) in [5.74, 6) is -0.272. The van der Waals surface area contributed by atoms with Gasteiger partial charge in [0.25, 0.3) is 5.91 Å². The van der Waals surface area contributed by atoms with Crippen molar-refractivity contribution in [3.05, 3.63) is 53.1 Å². The molecular formula is C24H31N3O3S. The smallest absolute Gasteiger partial charge is 0.257 e. The standard InChI is InChI=1S/C24H31N3O3S/c1-18-8-9-19(2)22(16-18)25-24(28)21-17-20(10-11-23(21)26-12-6-7-13-26)31(29,30)27-14-4-3-5-15-27/h8-11,16-17H,3-7,12-15H2,1-2H3,(H,25,28). The first-order chi connectivity index (χ1) is 14.9. The quantitative estimate of drug-likeness (QED) is 0.750. The van der Waals surface area contributed by atoms with Gasteiger partial charge >= 0.3 is 0 Å². The Hall–Kier alpha value is -2.38. The maximum absolute atomic E-state index is 13.4. The Morgan fingerprint density at radius 3 is 2.26 bits per heavy atom. The Kier molecular flexibility index (Phi) is 6.34. The maximum Gasteiger partial charge on any atom is 0.257 e. The van der Waals surface area contributed by atoms with Crippen molar-refractivity contribution in [3.63, 3.8) is 0 Å². The van der Waals surface area contributed by atoms with Crippen molar-refractivity contribution in [2.24, 2.45) is 0 Å². The van der Waals surface area contributed by atoms with Crippen LogP contribution in [0.2, 0.25) is 0 Å². The normalized spacial score (nSPS) is 17.7. The number of piperidine rings is 1. The fourth-order valence-electron chi connectivity index (χ4n) is 4.41. The van der Waals surface area contributed by atoms with Crippen molar-refractivity contribution >= 4 is 27.3 Å². The minimum Gasteiger partial charge on any atom is -0.371 e. The SMILES string of the molecule is Cc1ccc(C)c(NC(=O)c2cc(S(=O)(=O)N3CCCCC3)ccc2N2CCCC2)c1. The number of carbonyl (C=O) groups is 1. The molecule has 0 aliphatic carbocycles. The van der Waals surface area contributed by atoms with Crippen molar-refractivity contribution < 1.29 is 13.2 Å². The van der Waals surface area contributed by atoms with Gasteiger partial charge < -0.3 is 10.2 Å². The van der Waals surface area contributed by atoms with Crippen LogP contribution in [0.15, 0.2) is 41.3 Å². The summed E-state index contributed by atoms with van der Waals surface area (Å²) in [4.78, 5) is 15.7. The van der Waals surface area contributed by atoms with E-state index in [0.717, 1.165) is 67.7 Å². The van der Waals surface area contributed by atoms with Gasteiger partial charge in [-0.05, 0) is 74.9 Å². The zero-order valence-corrected chi connectivity index (χ0v) is 19.2. The summed E-state index contributed by atoms with van der Waals surface area (Å²) in [6.45, 7) is 6.77. The fourth-order valence-corrected chi connectivity index (χ4v) is 5.95. The van der Waals surface area contributed by atoms with E-state index in [4.69, 9.17) is 0 Å². The van der Waals surface area contributed by atoms with Crippen LogP contribution in [-0.2, 0) is 10.0 Å². The summed E-state index contributed by atoms with van der Waals surface area (Å²) in [6, 6.07) is 11.0. The molecule has 2 heterocycles. The molecule has 166 valence electrons. The topological polar surface area (TPSA) is 69.7 Å². The van der Waals surface area contributed by atoms with Crippen LogP contribution >= 0.6 is 0 Å². The van der Waals surface area contributed by atoms with Gasteiger partial charge in [0.2, 0.25) is 10.0 Å². The van der Waals surface area contributed by atoms with Crippen molar-refractivity contribution in [1.82, 2.24) is 4.31 Å². The summed E-state index contributed by atoms with van der Waals surface area (Å²) < 4.78 is 28.0. The molecule has 6 nitrogen and oxygen atoms in total. The number of benzene rings is 2. The van der Waals surface area contributed by atoms with Crippen LogP contribution in [0, 0.1) is 13.8 Å². The third-order valence-corrected chi connectivity index (χ3v) is 8.15. The van der Waals surface area contributed by atoms with Crippen LogP contribution in [0.5, 0.6) is 0 Å². The minimum absolute atomic E-state index is 0.198. The van der Waals surface area contributed by atoms with Crippen LogP contribution in [0.4, 0.5) is 11.4 Å². The van der Waals surface area contributed by atoms with E-state index in [1.807, 2.05) is 32.0 Å². The molecule has 0 radical (unpaired) electrons. The molecule has 2 aromatic rings. The summed E-state index contributed by atoms with van der Waals surface area (Å²) >= 11 is 0. The van der Waals surface area contributed by atoms with Gasteiger partial charge in [0, 0.05) is 37.6 Å². The third kappa shape index (κ3) is 4.62. The van der Waals surface area contributed by atoms with Crippen molar-refractivity contribution in [3.8, 4) is 0 Å². The summed E-state index contributed by atoms with van der Waals surface area (Å²) in [5.41, 5.74) is 4.00. The molecule has 1 N–H and O–H groups in total. The van der Waals surface area contributed by atoms with Gasteiger partial charge in [0.15, 0.2) is 0 Å². The number of hydrogen-bond acceptors (Lipinski definition) is 4. The zero-order valence-electron chi connectivity index (χ0n) is 18.4. The molecule has 0 saturated carbocycles. The monoisotopic (exact) mass is 441 g/mol. The highest BCUT2D eigenvalue weighted by Crippen LogP contribution is 2.30. The summed E-state index contributed by atoms with van der Waals surface area (Å²) in [6.07, 6.45) is 4.97. The van der Waals surface area contributed by atoms with E-state index in [1.54, 1.807) is 22.5 Å². The fraction of sp³-hybridized carbons (Fsp3) is 0.458. The molecule has 7 heteroatoms. The molecule has 2 aliphatic rings. The summed E-state index contributed by atoms with van der Waals surface area (Å²) in [7, 11) is -3.61. The second-order valence-electron chi connectivity index (χ2n) is 8.61. The van der Waals surface area contributed by atoms with Gasteiger partial charge in [-0.3, -0.25) is 4.79 Å². The average molecular weight is 442 g/mol. The molecule has 2 fully saturated rings. The number of anilines is 2.